The van der Waals surface area contributed by atoms with Gasteiger partial charge < -0.3 is 39.5 Å². The molecule has 314 valence electrons. The molecule has 4 saturated heterocycles. The number of carbonyl (C=O) groups is 3. The molecule has 58 heavy (non-hydrogen) atoms. The van der Waals surface area contributed by atoms with Gasteiger partial charge >= 0.3 is 17.9 Å². The maximum atomic E-state index is 14.6. The minimum Gasteiger partial charge on any atom is -0.468 e. The first-order valence-corrected chi connectivity index (χ1v) is 22.3. The van der Waals surface area contributed by atoms with Crippen molar-refractivity contribution in [2.45, 2.75) is 144 Å². The molecule has 12 rings (SSSR count). The lowest BCUT2D eigenvalue weighted by atomic mass is 9.41. The molecule has 0 unspecified atom stereocenters. The molecule has 1 spiro atoms. The molecule has 0 amide bonds. The van der Waals surface area contributed by atoms with E-state index in [9.17, 15) is 34.8 Å². The summed E-state index contributed by atoms with van der Waals surface area (Å²) in [5.74, 6) is -1.64. The zero-order valence-electron chi connectivity index (χ0n) is 34.3. The molecule has 1 aromatic rings. The van der Waals surface area contributed by atoms with Crippen LogP contribution in [-0.4, -0.2) is 118 Å². The second kappa shape index (κ2) is 12.1. The van der Waals surface area contributed by atoms with E-state index >= 15 is 0 Å². The Hall–Kier alpha value is -3.03. The summed E-state index contributed by atoms with van der Waals surface area (Å²) in [4.78, 5) is 43.2. The number of rotatable bonds is 6. The summed E-state index contributed by atoms with van der Waals surface area (Å²) in [6.45, 7) is 4.49. The fourth-order valence-corrected chi connectivity index (χ4v) is 17.9. The van der Waals surface area contributed by atoms with E-state index in [0.717, 1.165) is 30.5 Å². The molecule has 4 N–H and O–H groups in total. The number of fused-ring (bicyclic) bond motifs is 7. The van der Waals surface area contributed by atoms with Crippen LogP contribution in [0.3, 0.4) is 0 Å². The van der Waals surface area contributed by atoms with Gasteiger partial charge in [-0.2, -0.15) is 0 Å². The second-order valence-corrected chi connectivity index (χ2v) is 20.9. The van der Waals surface area contributed by atoms with Crippen LogP contribution < -0.4 is 4.90 Å². The van der Waals surface area contributed by atoms with Crippen molar-refractivity contribution in [1.29, 1.82) is 0 Å². The quantitative estimate of drug-likeness (QED) is 0.189. The van der Waals surface area contributed by atoms with Crippen molar-refractivity contribution < 1.29 is 53.5 Å². The Morgan fingerprint density at radius 1 is 1.00 bits per heavy atom. The number of para-hydroxylation sites is 1. The van der Waals surface area contributed by atoms with Gasteiger partial charge in [0.05, 0.1) is 47.3 Å². The average Bonchev–Trinajstić information content (AvgIpc) is 3.89. The van der Waals surface area contributed by atoms with Gasteiger partial charge in [0.1, 0.15) is 18.8 Å². The van der Waals surface area contributed by atoms with Gasteiger partial charge in [-0.05, 0) is 98.7 Å². The average molecular weight is 802 g/mol. The van der Waals surface area contributed by atoms with Crippen LogP contribution in [0.15, 0.2) is 35.9 Å². The molecular formula is C46H61N2O10+. The van der Waals surface area contributed by atoms with E-state index < -0.39 is 57.8 Å². The molecule has 9 fully saturated rings. The number of aliphatic hydroxyl groups excluding tert-OH is 2. The van der Waals surface area contributed by atoms with Crippen LogP contribution in [0, 0.1) is 46.3 Å². The van der Waals surface area contributed by atoms with Crippen LogP contribution in [0.4, 0.5) is 5.69 Å². The van der Waals surface area contributed by atoms with Crippen LogP contribution in [0.1, 0.15) is 96.5 Å². The lowest BCUT2D eigenvalue weighted by Crippen LogP contribution is -2.83. The molecular weight excluding hydrogens is 741 g/mol. The molecule has 18 atom stereocenters. The Balaban J connectivity index is 0.871. The summed E-state index contributed by atoms with van der Waals surface area (Å²) < 4.78 is 17.5. The first-order valence-electron chi connectivity index (χ1n) is 22.3. The number of carbonyl (C=O) groups excluding carboxylic acids is 3. The molecule has 6 heterocycles. The summed E-state index contributed by atoms with van der Waals surface area (Å²) in [7, 11) is 3.48. The van der Waals surface area contributed by atoms with Gasteiger partial charge in [-0.15, -0.1) is 0 Å². The first kappa shape index (κ1) is 37.9. The third kappa shape index (κ3) is 4.14. The van der Waals surface area contributed by atoms with Gasteiger partial charge in [0, 0.05) is 55.3 Å². The highest BCUT2D eigenvalue weighted by Gasteiger charge is 2.83. The summed E-state index contributed by atoms with van der Waals surface area (Å²) >= 11 is 0. The zero-order chi connectivity index (χ0) is 40.5. The van der Waals surface area contributed by atoms with Crippen molar-refractivity contribution in [3.63, 3.8) is 0 Å². The number of quaternary nitrogens is 1. The van der Waals surface area contributed by atoms with E-state index in [-0.39, 0.29) is 96.5 Å². The minimum absolute atomic E-state index is 0.00132. The number of hydrogen-bond acceptors (Lipinski definition) is 11. The van der Waals surface area contributed by atoms with Crippen molar-refractivity contribution in [1.82, 2.24) is 0 Å². The molecule has 11 aliphatic rings. The molecule has 12 nitrogen and oxygen atoms in total. The highest BCUT2D eigenvalue weighted by Crippen LogP contribution is 2.73. The molecule has 5 aliphatic carbocycles. The topological polar surface area (TPSA) is 163 Å². The van der Waals surface area contributed by atoms with E-state index in [0.29, 0.717) is 38.5 Å². The van der Waals surface area contributed by atoms with E-state index in [4.69, 9.17) is 14.2 Å². The molecule has 5 saturated carbocycles. The third-order valence-corrected chi connectivity index (χ3v) is 19.9. The third-order valence-electron chi connectivity index (χ3n) is 19.9. The first-order chi connectivity index (χ1) is 27.7. The monoisotopic (exact) mass is 801 g/mol. The lowest BCUT2D eigenvalue weighted by molar-refractivity contribution is -1.03. The molecule has 1 aromatic carbocycles. The molecule has 6 aliphatic heterocycles. The van der Waals surface area contributed by atoms with E-state index in [1.54, 1.807) is 6.08 Å². The van der Waals surface area contributed by atoms with Gasteiger partial charge in [-0.25, -0.2) is 9.59 Å². The maximum Gasteiger partial charge on any atom is 0.362 e. The van der Waals surface area contributed by atoms with Crippen molar-refractivity contribution in [3.8, 4) is 0 Å². The summed E-state index contributed by atoms with van der Waals surface area (Å²) in [5, 5.41) is 50.6. The van der Waals surface area contributed by atoms with E-state index in [1.165, 1.54) is 12.7 Å². The predicted molar refractivity (Wildman–Crippen MR) is 208 cm³/mol. The maximum absolute atomic E-state index is 14.6. The second-order valence-electron chi connectivity index (χ2n) is 20.9. The Kier molecular flexibility index (Phi) is 7.90. The Morgan fingerprint density at radius 2 is 1.78 bits per heavy atom. The number of likely N-dealkylation sites (N-methyl/N-ethyl adjacent to an activating group) is 1. The normalized spacial score (nSPS) is 52.6. The van der Waals surface area contributed by atoms with Gasteiger partial charge in [0.25, 0.3) is 0 Å². The minimum atomic E-state index is -1.50. The molecule has 5 bridgehead atoms. The fourth-order valence-electron chi connectivity index (χ4n) is 17.9. The standard InChI is InChI=1S/C46H61N2O10/c1-5-26-27-19-33-38-44(31-8-6-7-9-32(31)47(38)3)21-34(37(27)39(44)51)48(33,40(26)52)22-36(50)58-25-10-16-45(41(53)56-4)29-11-14-42(2)28(24-18-35(49)57-23-24)13-17-46(42,55)30(29)12-15-43(45,54)20-25/h6-9,18,25-30,33-34,37-40,51-52,54-55H,5,10-17,19-23H2,1-4H3/q+1/t25-,26-,27+,28+,29-,30+,33-,34-,37+,38-,39+,40+,42+,43-,44+,45+,46-,48+/m0/s1. The number of piperidine rings is 4. The van der Waals surface area contributed by atoms with Crippen molar-refractivity contribution >= 4 is 23.6 Å². The van der Waals surface area contributed by atoms with Crippen LogP contribution in [0.2, 0.25) is 0 Å². The van der Waals surface area contributed by atoms with Crippen molar-refractivity contribution in [2.75, 3.05) is 32.2 Å². The van der Waals surface area contributed by atoms with Gasteiger partial charge in [0.2, 0.25) is 0 Å². The zero-order valence-corrected chi connectivity index (χ0v) is 34.3. The Labute approximate surface area is 340 Å². The van der Waals surface area contributed by atoms with Crippen LogP contribution in [-0.2, 0) is 34.0 Å². The number of methoxy groups -OCH3 is 1. The number of cyclic esters (lactones) is 1. The summed E-state index contributed by atoms with van der Waals surface area (Å²) in [6, 6.07) is 8.21. The van der Waals surface area contributed by atoms with Gasteiger partial charge in [0.15, 0.2) is 12.8 Å². The van der Waals surface area contributed by atoms with E-state index in [1.807, 2.05) is 6.07 Å². The van der Waals surface area contributed by atoms with E-state index in [2.05, 4.69) is 44.0 Å². The smallest absolute Gasteiger partial charge is 0.362 e. The van der Waals surface area contributed by atoms with Crippen LogP contribution >= 0.6 is 0 Å². The fraction of sp³-hybridized carbons (Fsp3) is 0.761. The number of ether oxygens (including phenoxy) is 3. The number of aliphatic hydroxyl groups is 4. The number of anilines is 1. The highest BCUT2D eigenvalue weighted by atomic mass is 16.6. The number of hydrogen-bond donors (Lipinski definition) is 4. The molecule has 12 heteroatoms. The van der Waals surface area contributed by atoms with Crippen molar-refractivity contribution in [3.05, 3.63) is 41.5 Å². The van der Waals surface area contributed by atoms with Gasteiger partial charge in [-0.3, -0.25) is 9.28 Å². The van der Waals surface area contributed by atoms with Crippen molar-refractivity contribution in [2.24, 2.45) is 46.3 Å². The predicted octanol–water partition coefficient (Wildman–Crippen LogP) is 3.51. The number of esters is 3. The highest BCUT2D eigenvalue weighted by molar-refractivity contribution is 5.85. The van der Waals surface area contributed by atoms with Crippen LogP contribution in [0.5, 0.6) is 0 Å². The SMILES string of the molecule is CC[C@H]1[C@H]2C[C@H]3[C@@H]4N(C)c5ccccc5[C@]45C[C@@H]([C@@H]2[C@H]5O)[N@+]3(CC(=O)O[C@H]2CC[C@]3(C(=O)OC)[C@H]4CC[C@]5(C)[C@@H](C6=CC(=O)OC6)CC[C@]5(O)[C@@H]4CC[C@]3(O)C2)[C@@H]1O. The van der Waals surface area contributed by atoms with Gasteiger partial charge in [-0.1, -0.05) is 32.0 Å². The summed E-state index contributed by atoms with van der Waals surface area (Å²) in [6.07, 6.45) is 6.02. The Morgan fingerprint density at radius 3 is 2.52 bits per heavy atom. The Bertz CT molecular complexity index is 2010. The molecule has 0 aromatic heterocycles. The largest absolute Gasteiger partial charge is 0.468 e. The summed E-state index contributed by atoms with van der Waals surface area (Å²) in [5.41, 5.74) is -1.55. The van der Waals surface area contributed by atoms with Crippen LogP contribution in [0.25, 0.3) is 0 Å². The molecule has 0 radical (unpaired) electrons. The number of benzene rings is 1. The lowest BCUT2D eigenvalue weighted by Gasteiger charge is -2.67. The number of nitrogens with zero attached hydrogens (tertiary/aromatic N) is 2.